The Kier molecular flexibility index (Phi) is 9.08. The average molecular weight is 498 g/mol. The Morgan fingerprint density at radius 3 is 2.53 bits per heavy atom. The zero-order valence-corrected chi connectivity index (χ0v) is 21.3. The number of fused-ring (bicyclic) bond motifs is 1. The van der Waals surface area contributed by atoms with E-state index >= 15 is 0 Å². The highest BCUT2D eigenvalue weighted by molar-refractivity contribution is 5.94. The first-order valence-electron chi connectivity index (χ1n) is 13.2. The molecule has 36 heavy (non-hydrogen) atoms. The Morgan fingerprint density at radius 2 is 1.81 bits per heavy atom. The fraction of sp³-hybridized carbons (Fsp3) is 0.517. The molecule has 1 fully saturated rings. The topological polar surface area (TPSA) is 43.9 Å². The monoisotopic (exact) mass is 497 g/mol. The number of hydrogen-bond donors (Lipinski definition) is 0. The average Bonchev–Trinajstić information content (AvgIpc) is 2.91. The van der Waals surface area contributed by atoms with Gasteiger partial charge < -0.3 is 19.5 Å². The third-order valence-corrected chi connectivity index (χ3v) is 7.58. The lowest BCUT2D eigenvalue weighted by molar-refractivity contribution is -0.119. The Labute approximate surface area is 213 Å². The third-order valence-electron chi connectivity index (χ3n) is 7.58. The van der Waals surface area contributed by atoms with Crippen molar-refractivity contribution in [1.82, 2.24) is 4.90 Å². The summed E-state index contributed by atoms with van der Waals surface area (Å²) in [5, 5.41) is 0. The summed E-state index contributed by atoms with van der Waals surface area (Å²) in [4.78, 5) is 29.6. The minimum Gasteiger partial charge on any atom is -0.370 e. The summed E-state index contributed by atoms with van der Waals surface area (Å²) in [6.07, 6.45) is 7.29. The van der Waals surface area contributed by atoms with E-state index < -0.39 is 18.4 Å². The summed E-state index contributed by atoms with van der Waals surface area (Å²) in [5.74, 6) is -1.19. The van der Waals surface area contributed by atoms with Crippen molar-refractivity contribution in [3.63, 3.8) is 0 Å². The number of halogens is 2. The van der Waals surface area contributed by atoms with Gasteiger partial charge in [0.15, 0.2) is 6.67 Å². The molecule has 2 aromatic rings. The van der Waals surface area contributed by atoms with Crippen molar-refractivity contribution in [2.45, 2.75) is 58.4 Å². The lowest BCUT2D eigenvalue weighted by atomic mass is 9.94. The van der Waals surface area contributed by atoms with Crippen molar-refractivity contribution in [2.75, 3.05) is 49.2 Å². The summed E-state index contributed by atoms with van der Waals surface area (Å²) in [6.45, 7) is 6.47. The number of likely N-dealkylation sites (tertiary alicyclic amines) is 1. The molecule has 194 valence electrons. The second kappa shape index (κ2) is 12.4. The van der Waals surface area contributed by atoms with Gasteiger partial charge in [-0.2, -0.15) is 0 Å². The maximum Gasteiger partial charge on any atom is 0.258 e. The van der Waals surface area contributed by atoms with Gasteiger partial charge in [-0.05, 0) is 86.5 Å². The van der Waals surface area contributed by atoms with Crippen molar-refractivity contribution < 1.29 is 18.4 Å². The minimum absolute atomic E-state index is 0.176. The molecule has 0 aromatic heterocycles. The number of amides is 1. The predicted octanol–water partition coefficient (Wildman–Crippen LogP) is 5.01. The van der Waals surface area contributed by atoms with Crippen molar-refractivity contribution in [2.24, 2.45) is 0 Å². The molecule has 1 amide bonds. The first-order valence-corrected chi connectivity index (χ1v) is 13.2. The van der Waals surface area contributed by atoms with Gasteiger partial charge in [-0.1, -0.05) is 24.6 Å². The Morgan fingerprint density at radius 1 is 1.03 bits per heavy atom. The first kappa shape index (κ1) is 26.3. The number of nitrogens with zero attached hydrogens (tertiary/aromatic N) is 3. The highest BCUT2D eigenvalue weighted by atomic mass is 19.1. The van der Waals surface area contributed by atoms with E-state index in [4.69, 9.17) is 0 Å². The lowest BCUT2D eigenvalue weighted by Crippen LogP contribution is -2.40. The van der Waals surface area contributed by atoms with E-state index in [0.717, 1.165) is 49.9 Å². The van der Waals surface area contributed by atoms with Gasteiger partial charge in [-0.3, -0.25) is 4.79 Å². The smallest absolute Gasteiger partial charge is 0.258 e. The molecule has 4 rings (SSSR count). The summed E-state index contributed by atoms with van der Waals surface area (Å²) in [7, 11) is 0. The summed E-state index contributed by atoms with van der Waals surface area (Å²) < 4.78 is 28.2. The fourth-order valence-electron chi connectivity index (χ4n) is 5.54. The molecule has 2 heterocycles. The van der Waals surface area contributed by atoms with Crippen LogP contribution in [0.15, 0.2) is 30.3 Å². The number of anilines is 2. The highest BCUT2D eigenvalue weighted by Gasteiger charge is 2.24. The molecule has 0 bridgehead atoms. The van der Waals surface area contributed by atoms with E-state index in [1.165, 1.54) is 54.6 Å². The molecule has 0 saturated carbocycles. The van der Waals surface area contributed by atoms with E-state index in [1.807, 2.05) is 6.07 Å². The number of carbonyl (C=O) groups is 2. The Balaban J connectivity index is 1.57. The van der Waals surface area contributed by atoms with Gasteiger partial charge in [0.25, 0.3) is 5.91 Å². The van der Waals surface area contributed by atoms with Gasteiger partial charge in [0.1, 0.15) is 12.1 Å². The van der Waals surface area contributed by atoms with E-state index in [2.05, 4.69) is 22.8 Å². The fourth-order valence-corrected chi connectivity index (χ4v) is 5.54. The van der Waals surface area contributed by atoms with Crippen LogP contribution < -0.4 is 9.80 Å². The number of carbonyl (C=O) groups excluding carboxylic acids is 2. The van der Waals surface area contributed by atoms with Crippen LogP contribution in [-0.2, 0) is 29.0 Å². The number of hydrogen-bond acceptors (Lipinski definition) is 4. The van der Waals surface area contributed by atoms with Crippen LogP contribution in [0.4, 0.5) is 20.2 Å². The van der Waals surface area contributed by atoms with Crippen molar-refractivity contribution in [3.8, 4) is 0 Å². The molecule has 0 aliphatic carbocycles. The SMILES string of the molecule is Cc1c(CN(C(=O)CF)c2ccc(CCC=O)c(F)c2)ccc2c1N(CCN1CCCCC1)CCC2. The van der Waals surface area contributed by atoms with Gasteiger partial charge in [0.2, 0.25) is 0 Å². The van der Waals surface area contributed by atoms with Crippen molar-refractivity contribution in [1.29, 1.82) is 0 Å². The maximum atomic E-state index is 14.7. The van der Waals surface area contributed by atoms with E-state index in [9.17, 15) is 18.4 Å². The highest BCUT2D eigenvalue weighted by Crippen LogP contribution is 2.34. The maximum absolute atomic E-state index is 14.7. The molecule has 0 atom stereocenters. The number of benzene rings is 2. The number of piperidine rings is 1. The van der Waals surface area contributed by atoms with Crippen LogP contribution in [0.5, 0.6) is 0 Å². The van der Waals surface area contributed by atoms with Gasteiger partial charge in [-0.25, -0.2) is 8.78 Å². The molecule has 1 saturated heterocycles. The zero-order valence-electron chi connectivity index (χ0n) is 21.3. The molecule has 2 aliphatic rings. The predicted molar refractivity (Wildman–Crippen MR) is 140 cm³/mol. The normalized spacial score (nSPS) is 16.0. The summed E-state index contributed by atoms with van der Waals surface area (Å²) in [5.41, 5.74) is 5.32. The Bertz CT molecular complexity index is 1070. The summed E-state index contributed by atoms with van der Waals surface area (Å²) >= 11 is 0. The van der Waals surface area contributed by atoms with Gasteiger partial charge in [0, 0.05) is 37.4 Å². The lowest BCUT2D eigenvalue weighted by Gasteiger charge is -2.36. The van der Waals surface area contributed by atoms with Crippen LogP contribution in [0.2, 0.25) is 0 Å². The summed E-state index contributed by atoms with van der Waals surface area (Å²) in [6, 6.07) is 8.64. The van der Waals surface area contributed by atoms with Crippen molar-refractivity contribution >= 4 is 23.6 Å². The van der Waals surface area contributed by atoms with Gasteiger partial charge in [0.05, 0.1) is 6.54 Å². The van der Waals surface area contributed by atoms with E-state index in [1.54, 1.807) is 12.1 Å². The molecule has 0 unspecified atom stereocenters. The largest absolute Gasteiger partial charge is 0.370 e. The van der Waals surface area contributed by atoms with Crippen LogP contribution in [-0.4, -0.2) is 56.5 Å². The quantitative estimate of drug-likeness (QED) is 0.433. The molecule has 2 aliphatic heterocycles. The second-order valence-electron chi connectivity index (χ2n) is 9.94. The molecular formula is C29H37F2N3O2. The molecule has 7 heteroatoms. The van der Waals surface area contributed by atoms with Crippen LogP contribution in [0.3, 0.4) is 0 Å². The third kappa shape index (κ3) is 6.12. The van der Waals surface area contributed by atoms with Gasteiger partial charge >= 0.3 is 0 Å². The van der Waals surface area contributed by atoms with Gasteiger partial charge in [-0.15, -0.1) is 0 Å². The van der Waals surface area contributed by atoms with Crippen LogP contribution >= 0.6 is 0 Å². The Hall–Kier alpha value is -2.80. The molecule has 2 aromatic carbocycles. The minimum atomic E-state index is -1.15. The number of rotatable bonds is 10. The van der Waals surface area contributed by atoms with Crippen LogP contribution in [0.1, 0.15) is 54.4 Å². The molecule has 0 spiro atoms. The number of aryl methyl sites for hydroxylation is 2. The second-order valence-corrected chi connectivity index (χ2v) is 9.94. The number of aldehydes is 1. The van der Waals surface area contributed by atoms with E-state index in [0.29, 0.717) is 17.7 Å². The van der Waals surface area contributed by atoms with Crippen LogP contribution in [0.25, 0.3) is 0 Å². The van der Waals surface area contributed by atoms with E-state index in [-0.39, 0.29) is 13.0 Å². The molecule has 0 radical (unpaired) electrons. The molecular weight excluding hydrogens is 460 g/mol. The van der Waals surface area contributed by atoms with Crippen molar-refractivity contribution in [3.05, 3.63) is 58.4 Å². The first-order chi connectivity index (χ1) is 17.5. The van der Waals surface area contributed by atoms with Crippen LogP contribution in [0, 0.1) is 12.7 Å². The molecule has 5 nitrogen and oxygen atoms in total. The zero-order chi connectivity index (χ0) is 25.5. The standard InChI is InChI=1S/C29H37F2N3O2/c1-22-25(21-34(28(36)20-30)26-12-11-23(8-6-18-35)27(31)19-26)10-9-24-7-5-15-33(29(22)24)17-16-32-13-3-2-4-14-32/h9-12,18-19H,2-8,13-17,20-21H2,1H3. The molecule has 0 N–H and O–H groups in total. The number of alkyl halides is 1.